The minimum atomic E-state index is -3.20. The van der Waals surface area contributed by atoms with Gasteiger partial charge < -0.3 is 5.32 Å². The van der Waals surface area contributed by atoms with E-state index in [1.54, 1.807) is 42.6 Å². The van der Waals surface area contributed by atoms with Gasteiger partial charge in [-0.3, -0.25) is 0 Å². The lowest BCUT2D eigenvalue weighted by Gasteiger charge is -2.07. The first-order valence-corrected chi connectivity index (χ1v) is 7.41. The van der Waals surface area contributed by atoms with Crippen LogP contribution in [0.1, 0.15) is 0 Å². The molecular weight excluding hydrogens is 272 g/mol. The number of nitrogens with zero attached hydrogens (tertiary/aromatic N) is 1. The number of benzene rings is 1. The average Bonchev–Trinajstić information content (AvgIpc) is 2.28. The number of aromatic nitrogens is 1. The summed E-state index contributed by atoms with van der Waals surface area (Å²) in [5.74, 6) is 0. The highest BCUT2D eigenvalue weighted by atomic mass is 35.5. The lowest BCUT2D eigenvalue weighted by atomic mass is 10.3. The molecule has 0 aliphatic rings. The molecule has 1 N–H and O–H groups in total. The first kappa shape index (κ1) is 12.9. The highest BCUT2D eigenvalue weighted by Gasteiger charge is 2.07. The summed E-state index contributed by atoms with van der Waals surface area (Å²) in [6.07, 6.45) is 2.75. The summed E-state index contributed by atoms with van der Waals surface area (Å²) in [5, 5.41) is 3.44. The SMILES string of the molecule is CS(=O)(=O)c1cccc(Nc2ccnc(Cl)c2)c1. The molecule has 0 saturated heterocycles. The predicted octanol–water partition coefficient (Wildman–Crippen LogP) is 2.88. The van der Waals surface area contributed by atoms with Crippen molar-refractivity contribution in [2.45, 2.75) is 4.90 Å². The Bertz CT molecular complexity index is 671. The Labute approximate surface area is 111 Å². The quantitative estimate of drug-likeness (QED) is 0.880. The van der Waals surface area contributed by atoms with E-state index in [1.807, 2.05) is 0 Å². The Morgan fingerprint density at radius 3 is 2.56 bits per heavy atom. The lowest BCUT2D eigenvalue weighted by Crippen LogP contribution is -1.98. The molecule has 0 radical (unpaired) electrons. The van der Waals surface area contributed by atoms with Gasteiger partial charge in [0.1, 0.15) is 5.15 Å². The molecule has 1 heterocycles. The van der Waals surface area contributed by atoms with Gasteiger partial charge in [-0.05, 0) is 30.3 Å². The van der Waals surface area contributed by atoms with Gasteiger partial charge in [-0.1, -0.05) is 17.7 Å². The number of hydrogen-bond donors (Lipinski definition) is 1. The molecule has 18 heavy (non-hydrogen) atoms. The van der Waals surface area contributed by atoms with Crippen molar-refractivity contribution < 1.29 is 8.42 Å². The van der Waals surface area contributed by atoms with E-state index in [9.17, 15) is 8.42 Å². The number of hydrogen-bond acceptors (Lipinski definition) is 4. The van der Waals surface area contributed by atoms with Crippen LogP contribution in [0.4, 0.5) is 11.4 Å². The topological polar surface area (TPSA) is 59.1 Å². The summed E-state index contributed by atoms with van der Waals surface area (Å²) >= 11 is 5.77. The van der Waals surface area contributed by atoms with Gasteiger partial charge in [0.05, 0.1) is 4.90 Å². The fourth-order valence-electron chi connectivity index (χ4n) is 1.45. The van der Waals surface area contributed by atoms with E-state index in [-0.39, 0.29) is 4.90 Å². The van der Waals surface area contributed by atoms with Gasteiger partial charge >= 0.3 is 0 Å². The molecule has 1 aromatic heterocycles. The zero-order valence-corrected chi connectivity index (χ0v) is 11.2. The monoisotopic (exact) mass is 282 g/mol. The van der Waals surface area contributed by atoms with E-state index in [1.165, 1.54) is 6.26 Å². The van der Waals surface area contributed by atoms with Gasteiger partial charge in [-0.2, -0.15) is 0 Å². The van der Waals surface area contributed by atoms with Crippen molar-refractivity contribution in [3.05, 3.63) is 47.7 Å². The molecule has 2 aromatic rings. The zero-order chi connectivity index (χ0) is 13.2. The van der Waals surface area contributed by atoms with Crippen LogP contribution in [-0.4, -0.2) is 19.7 Å². The maximum absolute atomic E-state index is 11.4. The molecule has 0 spiro atoms. The van der Waals surface area contributed by atoms with E-state index in [0.29, 0.717) is 10.8 Å². The molecule has 94 valence electrons. The standard InChI is InChI=1S/C12H11ClN2O2S/c1-18(16,17)11-4-2-3-9(7-11)15-10-5-6-14-12(13)8-10/h2-8H,1H3,(H,14,15). The Morgan fingerprint density at radius 1 is 1.17 bits per heavy atom. The summed E-state index contributed by atoms with van der Waals surface area (Å²) in [6.45, 7) is 0. The number of halogens is 1. The summed E-state index contributed by atoms with van der Waals surface area (Å²) in [4.78, 5) is 4.14. The Hall–Kier alpha value is -1.59. The first-order valence-electron chi connectivity index (χ1n) is 5.14. The van der Waals surface area contributed by atoms with Crippen molar-refractivity contribution in [3.8, 4) is 0 Å². The molecule has 0 saturated carbocycles. The summed E-state index contributed by atoms with van der Waals surface area (Å²) in [7, 11) is -3.20. The molecule has 0 atom stereocenters. The summed E-state index contributed by atoms with van der Waals surface area (Å²) in [5.41, 5.74) is 1.43. The van der Waals surface area contributed by atoms with E-state index >= 15 is 0 Å². The van der Waals surface area contributed by atoms with E-state index < -0.39 is 9.84 Å². The van der Waals surface area contributed by atoms with Crippen molar-refractivity contribution >= 4 is 32.8 Å². The molecule has 0 aliphatic carbocycles. The second kappa shape index (κ2) is 4.96. The third-order valence-corrected chi connectivity index (χ3v) is 3.59. The molecule has 0 fully saturated rings. The number of nitrogens with one attached hydrogen (secondary N) is 1. The van der Waals surface area contributed by atoms with Crippen molar-refractivity contribution in [2.75, 3.05) is 11.6 Å². The maximum Gasteiger partial charge on any atom is 0.175 e. The van der Waals surface area contributed by atoms with Gasteiger partial charge in [0.25, 0.3) is 0 Å². The van der Waals surface area contributed by atoms with Crippen LogP contribution in [0.3, 0.4) is 0 Å². The molecule has 6 heteroatoms. The van der Waals surface area contributed by atoms with Crippen LogP contribution in [0.25, 0.3) is 0 Å². The number of anilines is 2. The smallest absolute Gasteiger partial charge is 0.175 e. The molecule has 2 rings (SSSR count). The van der Waals surface area contributed by atoms with E-state index in [2.05, 4.69) is 10.3 Å². The highest BCUT2D eigenvalue weighted by Crippen LogP contribution is 2.21. The molecule has 0 unspecified atom stereocenters. The molecule has 1 aromatic carbocycles. The van der Waals surface area contributed by atoms with Gasteiger partial charge in [0.2, 0.25) is 0 Å². The predicted molar refractivity (Wildman–Crippen MR) is 72.1 cm³/mol. The molecule has 0 amide bonds. The Morgan fingerprint density at radius 2 is 1.89 bits per heavy atom. The fourth-order valence-corrected chi connectivity index (χ4v) is 2.29. The van der Waals surface area contributed by atoms with Crippen molar-refractivity contribution in [3.63, 3.8) is 0 Å². The average molecular weight is 283 g/mol. The van der Waals surface area contributed by atoms with E-state index in [0.717, 1.165) is 5.69 Å². The summed E-state index contributed by atoms with van der Waals surface area (Å²) in [6, 6.07) is 10.0. The van der Waals surface area contributed by atoms with Crippen LogP contribution >= 0.6 is 11.6 Å². The first-order chi connectivity index (χ1) is 8.45. The third kappa shape index (κ3) is 3.21. The van der Waals surface area contributed by atoms with Crippen LogP contribution in [-0.2, 0) is 9.84 Å². The second-order valence-electron chi connectivity index (χ2n) is 3.79. The highest BCUT2D eigenvalue weighted by molar-refractivity contribution is 7.90. The fraction of sp³-hybridized carbons (Fsp3) is 0.0833. The van der Waals surface area contributed by atoms with Crippen molar-refractivity contribution in [1.29, 1.82) is 0 Å². The van der Waals surface area contributed by atoms with Gasteiger partial charge in [0, 0.05) is 23.8 Å². The molecular formula is C12H11ClN2O2S. The van der Waals surface area contributed by atoms with E-state index in [4.69, 9.17) is 11.6 Å². The molecule has 0 aliphatic heterocycles. The minimum Gasteiger partial charge on any atom is -0.355 e. The maximum atomic E-state index is 11.4. The van der Waals surface area contributed by atoms with Crippen molar-refractivity contribution in [2.24, 2.45) is 0 Å². The number of rotatable bonds is 3. The van der Waals surface area contributed by atoms with Crippen LogP contribution in [0.2, 0.25) is 5.15 Å². The lowest BCUT2D eigenvalue weighted by molar-refractivity contribution is 0.602. The van der Waals surface area contributed by atoms with Crippen LogP contribution in [0.15, 0.2) is 47.5 Å². The zero-order valence-electron chi connectivity index (χ0n) is 9.59. The second-order valence-corrected chi connectivity index (χ2v) is 6.20. The normalized spacial score (nSPS) is 11.2. The molecule has 4 nitrogen and oxygen atoms in total. The molecule has 0 bridgehead atoms. The van der Waals surface area contributed by atoms with Crippen LogP contribution in [0.5, 0.6) is 0 Å². The van der Waals surface area contributed by atoms with Gasteiger partial charge in [0.15, 0.2) is 9.84 Å². The minimum absolute atomic E-state index is 0.271. The third-order valence-electron chi connectivity index (χ3n) is 2.28. The number of pyridine rings is 1. The van der Waals surface area contributed by atoms with Gasteiger partial charge in [-0.15, -0.1) is 0 Å². The van der Waals surface area contributed by atoms with Crippen LogP contribution in [0, 0.1) is 0 Å². The van der Waals surface area contributed by atoms with Gasteiger partial charge in [-0.25, -0.2) is 13.4 Å². The van der Waals surface area contributed by atoms with Crippen molar-refractivity contribution in [1.82, 2.24) is 4.98 Å². The number of sulfone groups is 1. The Balaban J connectivity index is 2.30. The Kier molecular flexibility index (Phi) is 3.54. The summed E-state index contributed by atoms with van der Waals surface area (Å²) < 4.78 is 22.9. The van der Waals surface area contributed by atoms with Crippen LogP contribution < -0.4 is 5.32 Å². The largest absolute Gasteiger partial charge is 0.355 e.